The van der Waals surface area contributed by atoms with Crippen LogP contribution >= 0.6 is 0 Å². The van der Waals surface area contributed by atoms with Gasteiger partial charge < -0.3 is 0 Å². The molecule has 1 atom stereocenters. The Morgan fingerprint density at radius 3 is 2.38 bits per heavy atom. The molecule has 0 N–H and O–H groups in total. The Morgan fingerprint density at radius 1 is 1.31 bits per heavy atom. The van der Waals surface area contributed by atoms with Crippen molar-refractivity contribution >= 4 is 11.6 Å². The Hall–Kier alpha value is -0.660. The molecular weight excluding hydrogens is 164 g/mol. The number of hydrogen-bond donors (Lipinski definition) is 0. The molecule has 1 saturated carbocycles. The second kappa shape index (κ2) is 3.60. The van der Waals surface area contributed by atoms with Crippen molar-refractivity contribution in [1.29, 1.82) is 0 Å². The van der Waals surface area contributed by atoms with Crippen LogP contribution in [0, 0.1) is 11.3 Å². The molecule has 0 aromatic heterocycles. The van der Waals surface area contributed by atoms with E-state index < -0.39 is 0 Å². The minimum absolute atomic E-state index is 0.122. The molecule has 0 spiro atoms. The zero-order chi connectivity index (χ0) is 10.1. The Morgan fingerprint density at radius 2 is 1.92 bits per heavy atom. The van der Waals surface area contributed by atoms with Crippen molar-refractivity contribution in [3.8, 4) is 0 Å². The molecule has 1 fully saturated rings. The summed E-state index contributed by atoms with van der Waals surface area (Å²) in [6, 6.07) is 0. The van der Waals surface area contributed by atoms with Crippen LogP contribution in [0.25, 0.3) is 0 Å². The summed E-state index contributed by atoms with van der Waals surface area (Å²) in [4.78, 5) is 23.3. The number of carbonyl (C=O) groups excluding carboxylic acids is 2. The highest BCUT2D eigenvalue weighted by molar-refractivity contribution is 6.04. The van der Waals surface area contributed by atoms with Gasteiger partial charge >= 0.3 is 0 Å². The minimum atomic E-state index is -0.363. The van der Waals surface area contributed by atoms with Crippen molar-refractivity contribution < 1.29 is 9.59 Å². The highest BCUT2D eigenvalue weighted by atomic mass is 16.2. The molecule has 0 aliphatic heterocycles. The summed E-state index contributed by atoms with van der Waals surface area (Å²) < 4.78 is 0. The van der Waals surface area contributed by atoms with E-state index in [1.54, 1.807) is 0 Å². The van der Waals surface area contributed by atoms with E-state index in [0.717, 1.165) is 19.3 Å². The van der Waals surface area contributed by atoms with Gasteiger partial charge in [-0.3, -0.25) is 9.59 Å². The van der Waals surface area contributed by atoms with E-state index in [1.807, 2.05) is 20.8 Å². The van der Waals surface area contributed by atoms with Crippen molar-refractivity contribution in [1.82, 2.24) is 0 Å². The van der Waals surface area contributed by atoms with Crippen LogP contribution in [-0.4, -0.2) is 11.6 Å². The van der Waals surface area contributed by atoms with Gasteiger partial charge in [-0.1, -0.05) is 27.2 Å². The molecular formula is C11H18O2. The lowest BCUT2D eigenvalue weighted by molar-refractivity contribution is -0.139. The van der Waals surface area contributed by atoms with E-state index in [-0.39, 0.29) is 22.9 Å². The lowest BCUT2D eigenvalue weighted by Crippen LogP contribution is -2.35. The largest absolute Gasteiger partial charge is 0.299 e. The highest BCUT2D eigenvalue weighted by Gasteiger charge is 2.35. The lowest BCUT2D eigenvalue weighted by Gasteiger charge is -2.26. The van der Waals surface area contributed by atoms with Crippen LogP contribution in [0.1, 0.15) is 46.5 Å². The molecule has 2 nitrogen and oxygen atoms in total. The maximum atomic E-state index is 11.8. The van der Waals surface area contributed by atoms with Crippen LogP contribution in [0.5, 0.6) is 0 Å². The number of hydrogen-bond acceptors (Lipinski definition) is 2. The van der Waals surface area contributed by atoms with E-state index in [2.05, 4.69) is 0 Å². The summed E-state index contributed by atoms with van der Waals surface area (Å²) in [5.41, 5.74) is -0.363. The zero-order valence-electron chi connectivity index (χ0n) is 8.72. The smallest absolute Gasteiger partial charge is 0.148 e. The summed E-state index contributed by atoms with van der Waals surface area (Å²) in [5, 5.41) is 0. The molecule has 0 aromatic rings. The number of ketones is 2. The molecule has 1 unspecified atom stereocenters. The third kappa shape index (κ3) is 2.39. The van der Waals surface area contributed by atoms with Gasteiger partial charge in [0.15, 0.2) is 0 Å². The molecule has 0 bridgehead atoms. The normalized spacial score (nSPS) is 24.5. The van der Waals surface area contributed by atoms with Crippen molar-refractivity contribution in [3.63, 3.8) is 0 Å². The number of carbonyl (C=O) groups is 2. The van der Waals surface area contributed by atoms with E-state index in [0.29, 0.717) is 6.42 Å². The van der Waals surface area contributed by atoms with E-state index in [1.165, 1.54) is 0 Å². The van der Waals surface area contributed by atoms with Crippen LogP contribution in [-0.2, 0) is 9.59 Å². The van der Waals surface area contributed by atoms with Gasteiger partial charge in [0.2, 0.25) is 0 Å². The maximum absolute atomic E-state index is 11.8. The van der Waals surface area contributed by atoms with Crippen LogP contribution in [0.15, 0.2) is 0 Å². The molecule has 0 aromatic carbocycles. The first-order chi connectivity index (χ1) is 5.93. The molecule has 0 heterocycles. The average Bonchev–Trinajstić information content (AvgIpc) is 2.02. The topological polar surface area (TPSA) is 34.1 Å². The molecule has 13 heavy (non-hydrogen) atoms. The van der Waals surface area contributed by atoms with Gasteiger partial charge in [-0.2, -0.15) is 0 Å². The fourth-order valence-electron chi connectivity index (χ4n) is 1.78. The van der Waals surface area contributed by atoms with E-state index in [4.69, 9.17) is 0 Å². The molecule has 1 rings (SSSR count). The van der Waals surface area contributed by atoms with Gasteiger partial charge in [-0.05, 0) is 12.8 Å². The first-order valence-electron chi connectivity index (χ1n) is 5.00. The molecule has 2 heteroatoms. The molecule has 1 aliphatic rings. The predicted octanol–water partition coefficient (Wildman–Crippen LogP) is 2.36. The van der Waals surface area contributed by atoms with Crippen molar-refractivity contribution in [3.05, 3.63) is 0 Å². The second-order valence-electron chi connectivity index (χ2n) is 4.88. The first kappa shape index (κ1) is 10.4. The summed E-state index contributed by atoms with van der Waals surface area (Å²) in [6.45, 7) is 5.66. The molecule has 0 amide bonds. The maximum Gasteiger partial charge on any atom is 0.148 e. The second-order valence-corrected chi connectivity index (χ2v) is 4.88. The van der Waals surface area contributed by atoms with Crippen LogP contribution < -0.4 is 0 Å². The van der Waals surface area contributed by atoms with Crippen LogP contribution in [0.3, 0.4) is 0 Å². The van der Waals surface area contributed by atoms with Gasteiger partial charge in [0.25, 0.3) is 0 Å². The Labute approximate surface area is 79.7 Å². The summed E-state index contributed by atoms with van der Waals surface area (Å²) in [5.74, 6) is -0.0166. The van der Waals surface area contributed by atoms with E-state index in [9.17, 15) is 9.59 Å². The fourth-order valence-corrected chi connectivity index (χ4v) is 1.78. The summed E-state index contributed by atoms with van der Waals surface area (Å²) in [7, 11) is 0. The van der Waals surface area contributed by atoms with Crippen molar-refractivity contribution in [2.75, 3.05) is 0 Å². The average molecular weight is 182 g/mol. The van der Waals surface area contributed by atoms with Crippen LogP contribution in [0.2, 0.25) is 0 Å². The Kier molecular flexibility index (Phi) is 2.89. The highest BCUT2D eigenvalue weighted by Crippen LogP contribution is 2.28. The SMILES string of the molecule is CC(C)(C)C(=O)C1CCCCC1=O. The Bertz CT molecular complexity index is 223. The van der Waals surface area contributed by atoms with Gasteiger partial charge in [-0.25, -0.2) is 0 Å². The van der Waals surface area contributed by atoms with Crippen LogP contribution in [0.4, 0.5) is 0 Å². The minimum Gasteiger partial charge on any atom is -0.299 e. The standard InChI is InChI=1S/C11H18O2/c1-11(2,3)10(13)8-6-4-5-7-9(8)12/h8H,4-7H2,1-3H3. The van der Waals surface area contributed by atoms with Crippen molar-refractivity contribution in [2.45, 2.75) is 46.5 Å². The fraction of sp³-hybridized carbons (Fsp3) is 0.818. The van der Waals surface area contributed by atoms with Crippen molar-refractivity contribution in [2.24, 2.45) is 11.3 Å². The van der Waals surface area contributed by atoms with Gasteiger partial charge in [0.05, 0.1) is 5.92 Å². The third-order valence-electron chi connectivity index (χ3n) is 2.61. The van der Waals surface area contributed by atoms with Gasteiger partial charge in [-0.15, -0.1) is 0 Å². The molecule has 0 saturated heterocycles. The Balaban J connectivity index is 2.70. The lowest BCUT2D eigenvalue weighted by atomic mass is 9.76. The molecule has 1 aliphatic carbocycles. The predicted molar refractivity (Wildman–Crippen MR) is 51.4 cm³/mol. The first-order valence-corrected chi connectivity index (χ1v) is 5.00. The molecule has 0 radical (unpaired) electrons. The monoisotopic (exact) mass is 182 g/mol. The quantitative estimate of drug-likeness (QED) is 0.583. The zero-order valence-corrected chi connectivity index (χ0v) is 8.72. The number of rotatable bonds is 1. The summed E-state index contributed by atoms with van der Waals surface area (Å²) >= 11 is 0. The number of Topliss-reactive ketones (excluding diaryl/α,β-unsaturated/α-hetero) is 2. The molecule has 74 valence electrons. The summed E-state index contributed by atoms with van der Waals surface area (Å²) in [6.07, 6.45) is 3.37. The third-order valence-corrected chi connectivity index (χ3v) is 2.61. The van der Waals surface area contributed by atoms with Gasteiger partial charge in [0, 0.05) is 11.8 Å². The van der Waals surface area contributed by atoms with E-state index >= 15 is 0 Å². The van der Waals surface area contributed by atoms with Gasteiger partial charge in [0.1, 0.15) is 11.6 Å².